The second-order valence-electron chi connectivity index (χ2n) is 6.12. The molecule has 0 aliphatic carbocycles. The van der Waals surface area contributed by atoms with Gasteiger partial charge in [0.05, 0.1) is 19.0 Å². The van der Waals surface area contributed by atoms with Crippen molar-refractivity contribution in [3.05, 3.63) is 21.9 Å². The normalized spacial score (nSPS) is 29.9. The monoisotopic (exact) mass is 330 g/mol. The largest absolute Gasteiger partial charge is 0.376 e. The zero-order valence-corrected chi connectivity index (χ0v) is 14.0. The summed E-state index contributed by atoms with van der Waals surface area (Å²) in [5, 5.41) is 0. The molecule has 0 bridgehead atoms. The molecule has 3 atom stereocenters. The number of rotatable bonds is 5. The minimum absolute atomic E-state index is 0.261. The van der Waals surface area contributed by atoms with Crippen molar-refractivity contribution < 1.29 is 13.2 Å². The van der Waals surface area contributed by atoms with E-state index < -0.39 is 10.0 Å². The first-order chi connectivity index (χ1) is 9.90. The maximum atomic E-state index is 11.2. The molecular formula is C14H22N2O3S2. The molecule has 2 aliphatic heterocycles. The second-order valence-corrected chi connectivity index (χ2v) is 9.33. The number of sulfonamides is 1. The highest BCUT2D eigenvalue weighted by Gasteiger charge is 2.43. The van der Waals surface area contributed by atoms with Gasteiger partial charge in [-0.15, -0.1) is 11.3 Å². The average Bonchev–Trinajstić information content (AvgIpc) is 3.03. The van der Waals surface area contributed by atoms with E-state index in [4.69, 9.17) is 4.74 Å². The summed E-state index contributed by atoms with van der Waals surface area (Å²) < 4.78 is 30.9. The molecule has 1 aromatic rings. The van der Waals surface area contributed by atoms with Gasteiger partial charge in [-0.1, -0.05) is 0 Å². The van der Waals surface area contributed by atoms with E-state index in [9.17, 15) is 8.42 Å². The van der Waals surface area contributed by atoms with Gasteiger partial charge in [0.2, 0.25) is 10.0 Å². The molecule has 1 aromatic heterocycles. The molecule has 0 aromatic carbocycles. The van der Waals surface area contributed by atoms with Crippen molar-refractivity contribution in [1.82, 2.24) is 9.62 Å². The molecule has 0 amide bonds. The van der Waals surface area contributed by atoms with Gasteiger partial charge in [-0.3, -0.25) is 4.90 Å². The van der Waals surface area contributed by atoms with Crippen LogP contribution in [0.5, 0.6) is 0 Å². The summed E-state index contributed by atoms with van der Waals surface area (Å²) >= 11 is 1.84. The number of nitrogens with zero attached hydrogens (tertiary/aromatic N) is 1. The molecule has 2 aliphatic rings. The first-order valence-corrected chi connectivity index (χ1v) is 9.95. The number of hydrogen-bond acceptors (Lipinski definition) is 5. The number of likely N-dealkylation sites (tertiary alicyclic amines) is 1. The van der Waals surface area contributed by atoms with Crippen molar-refractivity contribution in [2.45, 2.75) is 19.6 Å². The van der Waals surface area contributed by atoms with Crippen molar-refractivity contribution in [3.8, 4) is 0 Å². The van der Waals surface area contributed by atoms with Crippen molar-refractivity contribution in [3.63, 3.8) is 0 Å². The number of thiophene rings is 1. The van der Waals surface area contributed by atoms with Crippen molar-refractivity contribution in [1.29, 1.82) is 0 Å². The van der Waals surface area contributed by atoms with E-state index in [1.165, 1.54) is 16.0 Å². The molecule has 0 radical (unpaired) electrons. The summed E-state index contributed by atoms with van der Waals surface area (Å²) in [6.45, 7) is 6.22. The molecule has 3 rings (SSSR count). The predicted octanol–water partition coefficient (Wildman–Crippen LogP) is 1.05. The Morgan fingerprint density at radius 1 is 1.43 bits per heavy atom. The number of fused-ring (bicyclic) bond motifs is 1. The van der Waals surface area contributed by atoms with Crippen molar-refractivity contribution in [2.75, 3.05) is 32.5 Å². The van der Waals surface area contributed by atoms with Crippen LogP contribution in [-0.2, 0) is 21.3 Å². The highest BCUT2D eigenvalue weighted by atomic mass is 32.2. The third kappa shape index (κ3) is 3.84. The van der Waals surface area contributed by atoms with Crippen molar-refractivity contribution in [2.24, 2.45) is 11.8 Å². The minimum atomic E-state index is -3.12. The molecule has 5 nitrogen and oxygen atoms in total. The zero-order chi connectivity index (χ0) is 15.0. The molecule has 2 fully saturated rings. The lowest BCUT2D eigenvalue weighted by molar-refractivity contribution is 0.0944. The molecular weight excluding hydrogens is 308 g/mol. The Hall–Kier alpha value is -0.470. The van der Waals surface area contributed by atoms with Crippen LogP contribution in [0.4, 0.5) is 0 Å². The van der Waals surface area contributed by atoms with Crippen LogP contribution in [0.15, 0.2) is 12.1 Å². The number of nitrogens with one attached hydrogen (secondary N) is 1. The predicted molar refractivity (Wildman–Crippen MR) is 83.9 cm³/mol. The molecule has 0 spiro atoms. The quantitative estimate of drug-likeness (QED) is 0.877. The standard InChI is InChI=1S/C14H22N2O3S2/c1-10-3-4-12(20-10)6-16-7-13-11(5-15-21(2,17)18)9-19-14(13)8-16/h3-4,11,13-15H,5-9H2,1-2H3/t11-,13+,14+/m1/s1. The Bertz CT molecular complexity index is 599. The van der Waals surface area contributed by atoms with Gasteiger partial charge in [0.25, 0.3) is 0 Å². The summed E-state index contributed by atoms with van der Waals surface area (Å²) in [6.07, 6.45) is 1.47. The number of hydrogen-bond donors (Lipinski definition) is 1. The summed E-state index contributed by atoms with van der Waals surface area (Å²) in [5.41, 5.74) is 0. The van der Waals surface area contributed by atoms with Crippen LogP contribution in [-0.4, -0.2) is 51.9 Å². The van der Waals surface area contributed by atoms with Gasteiger partial charge in [0.15, 0.2) is 0 Å². The Morgan fingerprint density at radius 2 is 2.24 bits per heavy atom. The Kier molecular flexibility index (Phi) is 4.38. The van der Waals surface area contributed by atoms with Crippen LogP contribution >= 0.6 is 11.3 Å². The van der Waals surface area contributed by atoms with Gasteiger partial charge in [-0.05, 0) is 19.1 Å². The Labute approximate surface area is 130 Å². The minimum Gasteiger partial charge on any atom is -0.376 e. The molecule has 3 heterocycles. The van der Waals surface area contributed by atoms with Crippen LogP contribution in [0.2, 0.25) is 0 Å². The molecule has 2 saturated heterocycles. The first kappa shape index (κ1) is 15.4. The zero-order valence-electron chi connectivity index (χ0n) is 12.4. The van der Waals surface area contributed by atoms with Crippen LogP contribution < -0.4 is 4.72 Å². The lowest BCUT2D eigenvalue weighted by Crippen LogP contribution is -2.33. The van der Waals surface area contributed by atoms with E-state index in [0.29, 0.717) is 25.0 Å². The van der Waals surface area contributed by atoms with Crippen LogP contribution in [0.25, 0.3) is 0 Å². The topological polar surface area (TPSA) is 58.6 Å². The van der Waals surface area contributed by atoms with E-state index in [2.05, 4.69) is 28.7 Å². The Morgan fingerprint density at radius 3 is 2.90 bits per heavy atom. The van der Waals surface area contributed by atoms with E-state index in [1.807, 2.05) is 11.3 Å². The van der Waals surface area contributed by atoms with E-state index >= 15 is 0 Å². The van der Waals surface area contributed by atoms with Gasteiger partial charge in [0.1, 0.15) is 0 Å². The molecule has 21 heavy (non-hydrogen) atoms. The van der Waals surface area contributed by atoms with Gasteiger partial charge < -0.3 is 4.74 Å². The fraction of sp³-hybridized carbons (Fsp3) is 0.714. The second kappa shape index (κ2) is 5.96. The third-order valence-corrected chi connectivity index (χ3v) is 5.97. The first-order valence-electron chi connectivity index (χ1n) is 7.24. The third-order valence-electron chi connectivity index (χ3n) is 4.30. The highest BCUT2D eigenvalue weighted by Crippen LogP contribution is 2.34. The van der Waals surface area contributed by atoms with Crippen LogP contribution in [0, 0.1) is 18.8 Å². The van der Waals surface area contributed by atoms with E-state index in [0.717, 1.165) is 19.6 Å². The van der Waals surface area contributed by atoms with Gasteiger partial charge >= 0.3 is 0 Å². The maximum absolute atomic E-state index is 11.2. The summed E-state index contributed by atoms with van der Waals surface area (Å²) in [7, 11) is -3.12. The molecule has 118 valence electrons. The SMILES string of the molecule is Cc1ccc(CN2C[C@H]3[C@H](CNS(C)(=O)=O)CO[C@H]3C2)s1. The summed E-state index contributed by atoms with van der Waals surface area (Å²) in [5.74, 6) is 0.736. The van der Waals surface area contributed by atoms with Gasteiger partial charge in [-0.2, -0.15) is 0 Å². The van der Waals surface area contributed by atoms with E-state index in [-0.39, 0.29) is 6.10 Å². The number of aryl methyl sites for hydroxylation is 1. The summed E-state index contributed by atoms with van der Waals surface area (Å²) in [6, 6.07) is 4.35. The van der Waals surface area contributed by atoms with Crippen molar-refractivity contribution >= 4 is 21.4 Å². The van der Waals surface area contributed by atoms with Gasteiger partial charge in [-0.25, -0.2) is 13.1 Å². The number of ether oxygens (including phenoxy) is 1. The Balaban J connectivity index is 1.55. The average molecular weight is 330 g/mol. The fourth-order valence-corrected chi connectivity index (χ4v) is 4.72. The molecule has 7 heteroatoms. The highest BCUT2D eigenvalue weighted by molar-refractivity contribution is 7.88. The maximum Gasteiger partial charge on any atom is 0.208 e. The lowest BCUT2D eigenvalue weighted by Gasteiger charge is -2.19. The lowest BCUT2D eigenvalue weighted by atomic mass is 9.93. The fourth-order valence-electron chi connectivity index (χ4n) is 3.27. The molecule has 0 saturated carbocycles. The molecule has 1 N–H and O–H groups in total. The summed E-state index contributed by atoms with van der Waals surface area (Å²) in [4.78, 5) is 5.15. The van der Waals surface area contributed by atoms with Crippen LogP contribution in [0.3, 0.4) is 0 Å². The molecule has 0 unspecified atom stereocenters. The van der Waals surface area contributed by atoms with Crippen LogP contribution in [0.1, 0.15) is 9.75 Å². The van der Waals surface area contributed by atoms with E-state index in [1.54, 1.807) is 0 Å². The smallest absolute Gasteiger partial charge is 0.208 e. The van der Waals surface area contributed by atoms with Gasteiger partial charge in [0, 0.05) is 47.8 Å².